The number of carboxylic acids is 1. The summed E-state index contributed by atoms with van der Waals surface area (Å²) >= 11 is -2.79. The van der Waals surface area contributed by atoms with Gasteiger partial charge in [0.25, 0.3) is 5.69 Å². The highest BCUT2D eigenvalue weighted by molar-refractivity contribution is 7.80. The quantitative estimate of drug-likeness (QED) is 0.230. The third-order valence-corrected chi connectivity index (χ3v) is 7.60. The Kier molecular flexibility index (Phi) is 8.72. The van der Waals surface area contributed by atoms with E-state index >= 15 is 0 Å². The number of rotatable bonds is 10. The van der Waals surface area contributed by atoms with Crippen molar-refractivity contribution in [2.75, 3.05) is 24.5 Å². The number of hydrogen-bond donors (Lipinski definition) is 1. The third kappa shape index (κ3) is 6.36. The van der Waals surface area contributed by atoms with Crippen molar-refractivity contribution < 1.29 is 28.3 Å². The fourth-order valence-corrected chi connectivity index (χ4v) is 5.57. The summed E-state index contributed by atoms with van der Waals surface area (Å²) in [6.07, 6.45) is 1.00. The van der Waals surface area contributed by atoms with Crippen molar-refractivity contribution in [3.8, 4) is 16.9 Å². The molecule has 1 N–H and O–H groups in total. The summed E-state index contributed by atoms with van der Waals surface area (Å²) in [6, 6.07) is 19.3. The van der Waals surface area contributed by atoms with Crippen molar-refractivity contribution in [3.05, 3.63) is 88.5 Å². The average molecular weight is 539 g/mol. The van der Waals surface area contributed by atoms with Gasteiger partial charge in [0, 0.05) is 35.6 Å². The predicted octanol–water partition coefficient (Wildman–Crippen LogP) is 4.24. The zero-order valence-electron chi connectivity index (χ0n) is 20.8. The molecule has 0 bridgehead atoms. The number of nitrogens with zero attached hydrogens (tertiary/aromatic N) is 3. The number of nitro groups is 1. The molecule has 3 aromatic carbocycles. The Morgan fingerprint density at radius 2 is 1.61 bits per heavy atom. The molecule has 200 valence electrons. The average Bonchev–Trinajstić information content (AvgIpc) is 2.92. The molecule has 3 aromatic rings. The first-order chi connectivity index (χ1) is 18.3. The van der Waals surface area contributed by atoms with Crippen LogP contribution in [0.5, 0.6) is 5.75 Å². The number of methoxy groups -OCH3 is 1. The fraction of sp³-hybridized carbons (Fsp3) is 0.296. The predicted molar refractivity (Wildman–Crippen MR) is 142 cm³/mol. The molecule has 10 nitrogen and oxygen atoms in total. The molecule has 0 amide bonds. The van der Waals surface area contributed by atoms with Crippen LogP contribution in [0.25, 0.3) is 11.1 Å². The van der Waals surface area contributed by atoms with E-state index in [9.17, 15) is 28.8 Å². The zero-order chi connectivity index (χ0) is 27.2. The Balaban J connectivity index is 1.45. The lowest BCUT2D eigenvalue weighted by Crippen LogP contribution is -2.50. The standard InChI is InChI=1S/C27H29N3O7S/c1-37-25-12-6-21(7-13-25)20-4-10-23(11-5-20)29(38(35)36)26(27(31)32)22-14-16-28(17-15-22)18-19-2-8-24(9-3-19)30(33)34/h2-13,22,26H,14-18H2,1H3,(H,31,32)(H,35,36)/p-1. The Labute approximate surface area is 223 Å². The summed E-state index contributed by atoms with van der Waals surface area (Å²) in [6.45, 7) is 1.74. The molecule has 2 atom stereocenters. The molecule has 1 saturated heterocycles. The molecule has 1 aliphatic rings. The van der Waals surface area contributed by atoms with Gasteiger partial charge >= 0.3 is 5.97 Å². The lowest BCUT2D eigenvalue weighted by atomic mass is 9.88. The van der Waals surface area contributed by atoms with E-state index in [0.717, 1.165) is 26.7 Å². The molecule has 0 radical (unpaired) electrons. The summed E-state index contributed by atoms with van der Waals surface area (Å²) in [5, 5.41) is 20.9. The van der Waals surface area contributed by atoms with Crippen LogP contribution in [0.1, 0.15) is 18.4 Å². The van der Waals surface area contributed by atoms with Crippen LogP contribution in [0.15, 0.2) is 72.8 Å². The van der Waals surface area contributed by atoms with E-state index < -0.39 is 28.2 Å². The van der Waals surface area contributed by atoms with Gasteiger partial charge in [0.1, 0.15) is 11.8 Å². The molecule has 1 aliphatic heterocycles. The highest BCUT2D eigenvalue weighted by atomic mass is 32.2. The van der Waals surface area contributed by atoms with Crippen LogP contribution in [-0.2, 0) is 22.6 Å². The van der Waals surface area contributed by atoms with E-state index in [0.29, 0.717) is 32.5 Å². The van der Waals surface area contributed by atoms with Crippen LogP contribution in [-0.4, -0.2) is 55.9 Å². The Bertz CT molecular complexity index is 1280. The first-order valence-corrected chi connectivity index (χ1v) is 13.1. The number of aliphatic carboxylic acids is 1. The van der Waals surface area contributed by atoms with E-state index in [1.165, 1.54) is 12.1 Å². The molecule has 11 heteroatoms. The van der Waals surface area contributed by atoms with Crippen LogP contribution < -0.4 is 9.04 Å². The Morgan fingerprint density at radius 1 is 1.05 bits per heavy atom. The summed E-state index contributed by atoms with van der Waals surface area (Å²) < 4.78 is 30.7. The molecule has 2 unspecified atom stereocenters. The minimum absolute atomic E-state index is 0.0273. The minimum atomic E-state index is -2.79. The summed E-state index contributed by atoms with van der Waals surface area (Å²) in [5.74, 6) is -0.844. The lowest BCUT2D eigenvalue weighted by Gasteiger charge is -2.40. The van der Waals surface area contributed by atoms with Crippen molar-refractivity contribution in [2.45, 2.75) is 25.4 Å². The number of benzene rings is 3. The van der Waals surface area contributed by atoms with Gasteiger partial charge in [-0.15, -0.1) is 0 Å². The van der Waals surface area contributed by atoms with E-state index in [1.54, 1.807) is 43.5 Å². The van der Waals surface area contributed by atoms with E-state index in [2.05, 4.69) is 4.90 Å². The molecule has 0 aromatic heterocycles. The SMILES string of the molecule is COc1ccc(-c2ccc(N(C(C(=O)O)C3CCN(Cc4ccc([N+](=O)[O-])cc4)CC3)S(=O)[O-])cc2)cc1. The number of hydrogen-bond acceptors (Lipinski definition) is 7. The van der Waals surface area contributed by atoms with Crippen molar-refractivity contribution in [3.63, 3.8) is 0 Å². The second-order valence-corrected chi connectivity index (χ2v) is 9.97. The molecule has 0 saturated carbocycles. The number of ether oxygens (including phenoxy) is 1. The maximum atomic E-state index is 12.3. The van der Waals surface area contributed by atoms with E-state index in [-0.39, 0.29) is 17.3 Å². The van der Waals surface area contributed by atoms with Crippen LogP contribution >= 0.6 is 0 Å². The number of non-ortho nitro benzene ring substituents is 1. The number of carboxylic acid groups (broad SMARTS) is 1. The van der Waals surface area contributed by atoms with Crippen molar-refractivity contribution in [1.82, 2.24) is 4.90 Å². The number of piperidine rings is 1. The van der Waals surface area contributed by atoms with Crippen LogP contribution in [0, 0.1) is 16.0 Å². The monoisotopic (exact) mass is 538 g/mol. The fourth-order valence-electron chi connectivity index (χ4n) is 4.83. The van der Waals surface area contributed by atoms with Crippen LogP contribution in [0.2, 0.25) is 0 Å². The zero-order valence-corrected chi connectivity index (χ0v) is 21.6. The topological polar surface area (TPSA) is 136 Å². The summed E-state index contributed by atoms with van der Waals surface area (Å²) in [5.41, 5.74) is 3.01. The number of nitro benzene ring substituents is 1. The van der Waals surface area contributed by atoms with Crippen molar-refractivity contribution in [2.24, 2.45) is 5.92 Å². The number of anilines is 1. The maximum absolute atomic E-state index is 12.3. The Morgan fingerprint density at radius 3 is 2.08 bits per heavy atom. The first-order valence-electron chi connectivity index (χ1n) is 12.1. The van der Waals surface area contributed by atoms with Crippen LogP contribution in [0.4, 0.5) is 11.4 Å². The molecule has 1 heterocycles. The first kappa shape index (κ1) is 27.2. The molecular weight excluding hydrogens is 510 g/mol. The van der Waals surface area contributed by atoms with Gasteiger partial charge in [0.2, 0.25) is 0 Å². The number of carbonyl (C=O) groups is 1. The van der Waals surface area contributed by atoms with Gasteiger partial charge in [-0.05, 0) is 72.8 Å². The van der Waals surface area contributed by atoms with Gasteiger partial charge in [-0.2, -0.15) is 0 Å². The second kappa shape index (κ2) is 12.2. The second-order valence-electron chi connectivity index (χ2n) is 9.14. The van der Waals surface area contributed by atoms with Gasteiger partial charge in [-0.3, -0.25) is 23.5 Å². The molecular formula is C27H28N3O7S-. The molecule has 1 fully saturated rings. The molecule has 0 spiro atoms. The smallest absolute Gasteiger partial charge is 0.327 e. The lowest BCUT2D eigenvalue weighted by molar-refractivity contribution is -0.384. The van der Waals surface area contributed by atoms with Gasteiger partial charge in [0.15, 0.2) is 0 Å². The van der Waals surface area contributed by atoms with E-state index in [4.69, 9.17) is 4.74 Å². The summed E-state index contributed by atoms with van der Waals surface area (Å²) in [7, 11) is 1.59. The van der Waals surface area contributed by atoms with Crippen molar-refractivity contribution in [1.29, 1.82) is 0 Å². The van der Waals surface area contributed by atoms with Gasteiger partial charge < -0.3 is 14.4 Å². The van der Waals surface area contributed by atoms with Gasteiger partial charge in [-0.1, -0.05) is 36.4 Å². The third-order valence-electron chi connectivity index (χ3n) is 6.84. The number of likely N-dealkylation sites (tertiary alicyclic amines) is 1. The van der Waals surface area contributed by atoms with Crippen LogP contribution in [0.3, 0.4) is 0 Å². The normalized spacial score (nSPS) is 15.9. The van der Waals surface area contributed by atoms with Gasteiger partial charge in [-0.25, -0.2) is 4.79 Å². The highest BCUT2D eigenvalue weighted by Crippen LogP contribution is 2.32. The van der Waals surface area contributed by atoms with Gasteiger partial charge in [0.05, 0.1) is 12.0 Å². The summed E-state index contributed by atoms with van der Waals surface area (Å²) in [4.78, 5) is 24.9. The minimum Gasteiger partial charge on any atom is -0.755 e. The molecule has 38 heavy (non-hydrogen) atoms. The molecule has 4 rings (SSSR count). The largest absolute Gasteiger partial charge is 0.755 e. The maximum Gasteiger partial charge on any atom is 0.327 e. The highest BCUT2D eigenvalue weighted by Gasteiger charge is 2.37. The van der Waals surface area contributed by atoms with Crippen molar-refractivity contribution >= 4 is 28.6 Å². The Hall–Kier alpha value is -3.80. The van der Waals surface area contributed by atoms with E-state index in [1.807, 2.05) is 24.3 Å². The molecule has 0 aliphatic carbocycles.